The van der Waals surface area contributed by atoms with Gasteiger partial charge in [-0.15, -0.1) is 0 Å². The van der Waals surface area contributed by atoms with E-state index in [1.54, 1.807) is 12.3 Å². The van der Waals surface area contributed by atoms with Gasteiger partial charge in [-0.3, -0.25) is 4.57 Å². The van der Waals surface area contributed by atoms with E-state index >= 15 is 0 Å². The molecule has 0 atom stereocenters. The fourth-order valence-electron chi connectivity index (χ4n) is 2.03. The average Bonchev–Trinajstić information content (AvgIpc) is 2.78. The van der Waals surface area contributed by atoms with Crippen LogP contribution in [-0.2, 0) is 0 Å². The van der Waals surface area contributed by atoms with Crippen molar-refractivity contribution in [2.24, 2.45) is 0 Å². The molecule has 0 aliphatic rings. The second-order valence-corrected chi connectivity index (χ2v) is 4.45. The van der Waals surface area contributed by atoms with Crippen molar-refractivity contribution in [2.75, 3.05) is 31.2 Å². The van der Waals surface area contributed by atoms with E-state index in [0.29, 0.717) is 24.9 Å². The van der Waals surface area contributed by atoms with Crippen LogP contribution in [0.15, 0.2) is 18.5 Å². The molecule has 2 aromatic rings. The van der Waals surface area contributed by atoms with Crippen LogP contribution < -0.4 is 4.90 Å². The Hall–Kier alpha value is -1.99. The van der Waals surface area contributed by atoms with Crippen molar-refractivity contribution in [3.05, 3.63) is 30.0 Å². The second kappa shape index (κ2) is 6.44. The number of imidazole rings is 1. The molecule has 0 radical (unpaired) electrons. The first-order valence-corrected chi connectivity index (χ1v) is 6.48. The normalized spacial score (nSPS) is 10.8. The molecule has 0 amide bonds. The van der Waals surface area contributed by atoms with Crippen molar-refractivity contribution in [1.29, 1.82) is 0 Å². The Morgan fingerprint density at radius 1 is 1.15 bits per heavy atom. The van der Waals surface area contributed by atoms with Crippen LogP contribution in [0.2, 0.25) is 0 Å². The maximum atomic E-state index is 9.08. The predicted molar refractivity (Wildman–Crippen MR) is 75.0 cm³/mol. The maximum absolute atomic E-state index is 9.08. The first-order chi connectivity index (χ1) is 9.65. The quantitative estimate of drug-likeness (QED) is 0.777. The van der Waals surface area contributed by atoms with Crippen molar-refractivity contribution < 1.29 is 10.2 Å². The summed E-state index contributed by atoms with van der Waals surface area (Å²) in [7, 11) is 0. The van der Waals surface area contributed by atoms with Crippen LogP contribution >= 0.6 is 0 Å². The number of aliphatic hydroxyl groups is 2. The summed E-state index contributed by atoms with van der Waals surface area (Å²) in [6.07, 6.45) is 3.53. The molecular weight excluding hydrogens is 258 g/mol. The summed E-state index contributed by atoms with van der Waals surface area (Å²) >= 11 is 0. The Bertz CT molecular complexity index is 564. The van der Waals surface area contributed by atoms with Gasteiger partial charge in [0.15, 0.2) is 0 Å². The lowest BCUT2D eigenvalue weighted by Gasteiger charge is -2.21. The van der Waals surface area contributed by atoms with Gasteiger partial charge in [-0.2, -0.15) is 4.98 Å². The highest BCUT2D eigenvalue weighted by Gasteiger charge is 2.11. The molecule has 2 heterocycles. The van der Waals surface area contributed by atoms with Gasteiger partial charge in [0.05, 0.1) is 18.9 Å². The Labute approximate surface area is 117 Å². The van der Waals surface area contributed by atoms with Crippen molar-refractivity contribution in [2.45, 2.75) is 13.8 Å². The lowest BCUT2D eigenvalue weighted by molar-refractivity contribution is 0.280. The first-order valence-electron chi connectivity index (χ1n) is 6.48. The van der Waals surface area contributed by atoms with E-state index in [9.17, 15) is 0 Å². The summed E-state index contributed by atoms with van der Waals surface area (Å²) in [5.41, 5.74) is 0.902. The number of rotatable bonds is 6. The summed E-state index contributed by atoms with van der Waals surface area (Å²) < 4.78 is 1.81. The molecule has 0 aliphatic carbocycles. The molecular formula is C13H19N5O2. The van der Waals surface area contributed by atoms with Crippen LogP contribution in [0.1, 0.15) is 11.5 Å². The summed E-state index contributed by atoms with van der Waals surface area (Å²) in [5.74, 6) is 2.01. The van der Waals surface area contributed by atoms with E-state index in [-0.39, 0.29) is 13.2 Å². The van der Waals surface area contributed by atoms with Crippen LogP contribution in [0.5, 0.6) is 0 Å². The van der Waals surface area contributed by atoms with E-state index < -0.39 is 0 Å². The second-order valence-electron chi connectivity index (χ2n) is 4.45. The number of aliphatic hydroxyl groups excluding tert-OH is 2. The predicted octanol–water partition coefficient (Wildman–Crippen LogP) is 0.0701. The van der Waals surface area contributed by atoms with Crippen LogP contribution in [0.4, 0.5) is 5.82 Å². The number of aromatic nitrogens is 4. The molecule has 7 heteroatoms. The van der Waals surface area contributed by atoms with Gasteiger partial charge in [-0.05, 0) is 19.9 Å². The molecule has 0 saturated heterocycles. The minimum Gasteiger partial charge on any atom is -0.395 e. The zero-order valence-corrected chi connectivity index (χ0v) is 11.7. The molecule has 0 fully saturated rings. The highest BCUT2D eigenvalue weighted by molar-refractivity contribution is 5.40. The van der Waals surface area contributed by atoms with E-state index in [1.807, 2.05) is 29.5 Å². The van der Waals surface area contributed by atoms with Crippen LogP contribution in [-0.4, -0.2) is 56.0 Å². The van der Waals surface area contributed by atoms with E-state index in [2.05, 4.69) is 15.0 Å². The Kier molecular flexibility index (Phi) is 4.65. The molecule has 0 bridgehead atoms. The van der Waals surface area contributed by atoms with Crippen molar-refractivity contribution >= 4 is 5.82 Å². The number of nitrogens with zero attached hydrogens (tertiary/aromatic N) is 5. The number of hydrogen-bond donors (Lipinski definition) is 2. The Morgan fingerprint density at radius 3 is 2.40 bits per heavy atom. The van der Waals surface area contributed by atoms with Gasteiger partial charge in [0.1, 0.15) is 11.6 Å². The number of anilines is 1. The number of aryl methyl sites for hydroxylation is 2. The molecule has 2 N–H and O–H groups in total. The zero-order chi connectivity index (χ0) is 14.5. The standard InChI is InChI=1S/C13H19N5O2/c1-10-9-18(11(2)15-10)13-14-4-3-12(16-13)17(5-7-19)6-8-20/h3-4,9,19-20H,5-8H2,1-2H3. The van der Waals surface area contributed by atoms with Gasteiger partial charge >= 0.3 is 0 Å². The highest BCUT2D eigenvalue weighted by atomic mass is 16.3. The van der Waals surface area contributed by atoms with Crippen molar-refractivity contribution in [3.8, 4) is 5.95 Å². The molecule has 0 spiro atoms. The van der Waals surface area contributed by atoms with Gasteiger partial charge < -0.3 is 15.1 Å². The fourth-order valence-corrected chi connectivity index (χ4v) is 2.03. The lowest BCUT2D eigenvalue weighted by atomic mass is 10.4. The lowest BCUT2D eigenvalue weighted by Crippen LogP contribution is -2.30. The monoisotopic (exact) mass is 277 g/mol. The van der Waals surface area contributed by atoms with Crippen LogP contribution in [0.3, 0.4) is 0 Å². The van der Waals surface area contributed by atoms with Gasteiger partial charge in [-0.1, -0.05) is 0 Å². The minimum absolute atomic E-state index is 0.00253. The van der Waals surface area contributed by atoms with E-state index in [4.69, 9.17) is 10.2 Å². The van der Waals surface area contributed by atoms with Gasteiger partial charge in [0, 0.05) is 25.5 Å². The Morgan fingerprint density at radius 2 is 1.85 bits per heavy atom. The molecule has 2 rings (SSSR count). The van der Waals surface area contributed by atoms with Crippen molar-refractivity contribution in [1.82, 2.24) is 19.5 Å². The molecule has 2 aromatic heterocycles. The molecule has 108 valence electrons. The molecule has 0 aromatic carbocycles. The molecule has 7 nitrogen and oxygen atoms in total. The highest BCUT2D eigenvalue weighted by Crippen LogP contribution is 2.13. The fraction of sp³-hybridized carbons (Fsp3) is 0.462. The first kappa shape index (κ1) is 14.4. The summed E-state index contributed by atoms with van der Waals surface area (Å²) in [5, 5.41) is 18.2. The average molecular weight is 277 g/mol. The van der Waals surface area contributed by atoms with Crippen LogP contribution in [0.25, 0.3) is 5.95 Å². The van der Waals surface area contributed by atoms with Gasteiger partial charge in [0.2, 0.25) is 5.95 Å². The Balaban J connectivity index is 2.33. The topological polar surface area (TPSA) is 87.3 Å². The third-order valence-corrected chi connectivity index (χ3v) is 2.91. The zero-order valence-electron chi connectivity index (χ0n) is 11.7. The van der Waals surface area contributed by atoms with Crippen LogP contribution in [0, 0.1) is 13.8 Å². The third kappa shape index (κ3) is 3.12. The van der Waals surface area contributed by atoms with E-state index in [0.717, 1.165) is 11.5 Å². The maximum Gasteiger partial charge on any atom is 0.237 e. The minimum atomic E-state index is 0.00253. The summed E-state index contributed by atoms with van der Waals surface area (Å²) in [6.45, 7) is 4.64. The van der Waals surface area contributed by atoms with Gasteiger partial charge in [0.25, 0.3) is 0 Å². The molecule has 20 heavy (non-hydrogen) atoms. The SMILES string of the molecule is Cc1cn(-c2nccc(N(CCO)CCO)n2)c(C)n1. The largest absolute Gasteiger partial charge is 0.395 e. The molecule has 0 saturated carbocycles. The number of hydrogen-bond acceptors (Lipinski definition) is 6. The molecule has 0 aliphatic heterocycles. The smallest absolute Gasteiger partial charge is 0.237 e. The third-order valence-electron chi connectivity index (χ3n) is 2.91. The summed E-state index contributed by atoms with van der Waals surface area (Å²) in [4.78, 5) is 14.9. The van der Waals surface area contributed by atoms with Crippen molar-refractivity contribution in [3.63, 3.8) is 0 Å². The molecule has 0 unspecified atom stereocenters. The van der Waals surface area contributed by atoms with Gasteiger partial charge in [-0.25, -0.2) is 9.97 Å². The van der Waals surface area contributed by atoms with E-state index in [1.165, 1.54) is 0 Å². The summed E-state index contributed by atoms with van der Waals surface area (Å²) in [6, 6.07) is 1.76.